The topological polar surface area (TPSA) is 22.9 Å². The van der Waals surface area contributed by atoms with Crippen LogP contribution in [-0.2, 0) is 0 Å². The maximum Gasteiger partial charge on any atom is 0.137 e. The minimum atomic E-state index is 0.875. The molecule has 0 spiro atoms. The van der Waals surface area contributed by atoms with E-state index in [2.05, 4.69) is 530 Å². The molecule has 0 amide bonds. The van der Waals surface area contributed by atoms with Gasteiger partial charge in [-0.05, 0) is 249 Å². The third-order valence-corrected chi connectivity index (χ3v) is 29.4. The lowest BCUT2D eigenvalue weighted by Gasteiger charge is -2.28. The summed E-state index contributed by atoms with van der Waals surface area (Å²) in [7, 11) is 0. The number of hydrogen-bond donors (Lipinski definition) is 0. The first kappa shape index (κ1) is 82.4. The molecule has 3 heterocycles. The Hall–Kier alpha value is -17.5. The molecule has 0 N–H and O–H groups in total. The molecular formula is C132H87N3OS2. The van der Waals surface area contributed by atoms with Gasteiger partial charge in [-0.25, -0.2) is 0 Å². The van der Waals surface area contributed by atoms with Gasteiger partial charge in [-0.1, -0.05) is 388 Å². The average molecular weight is 1800 g/mol. The molecule has 0 fully saturated rings. The van der Waals surface area contributed by atoms with Crippen LogP contribution in [0, 0.1) is 0 Å². The maximum atomic E-state index is 6.40. The number of furan rings is 1. The van der Waals surface area contributed by atoms with E-state index in [1.165, 1.54) is 177 Å². The lowest BCUT2D eigenvalue weighted by molar-refractivity contribution is 0.669. The maximum absolute atomic E-state index is 6.40. The third kappa shape index (κ3) is 15.5. The number of rotatable bonds is 15. The van der Waals surface area contributed by atoms with Gasteiger partial charge in [-0.3, -0.25) is 0 Å². The van der Waals surface area contributed by atoms with Gasteiger partial charge in [0.2, 0.25) is 0 Å². The average Bonchev–Trinajstić information content (AvgIpc) is 1.33. The van der Waals surface area contributed by atoms with Crippen molar-refractivity contribution in [3.63, 3.8) is 0 Å². The first-order chi connectivity index (χ1) is 68.4. The van der Waals surface area contributed by atoms with E-state index in [9.17, 15) is 0 Å². The molecule has 0 aliphatic heterocycles. The number of fused-ring (bicyclic) bond motifs is 18. The summed E-state index contributed by atoms with van der Waals surface area (Å²) in [6, 6.07) is 191. The number of nitrogens with zero attached hydrogens (tertiary/aromatic N) is 3. The molecule has 0 atom stereocenters. The summed E-state index contributed by atoms with van der Waals surface area (Å²) in [6.45, 7) is 0. The minimum Gasteiger partial charge on any atom is -0.456 e. The Balaban J connectivity index is 0.000000110. The fraction of sp³-hybridized carbons (Fsp3) is 0. The van der Waals surface area contributed by atoms with Crippen LogP contribution in [-0.4, -0.2) is 0 Å². The van der Waals surface area contributed by atoms with Crippen LogP contribution in [0.3, 0.4) is 0 Å². The van der Waals surface area contributed by atoms with E-state index in [-0.39, 0.29) is 0 Å². The lowest BCUT2D eigenvalue weighted by atomic mass is 9.95. The molecule has 648 valence electrons. The van der Waals surface area contributed by atoms with E-state index in [0.29, 0.717) is 0 Å². The highest BCUT2D eigenvalue weighted by molar-refractivity contribution is 7.26. The van der Waals surface area contributed by atoms with E-state index in [1.807, 2.05) is 34.8 Å². The molecule has 0 saturated carbocycles. The van der Waals surface area contributed by atoms with Gasteiger partial charge in [-0.2, -0.15) is 0 Å². The van der Waals surface area contributed by atoms with Crippen LogP contribution in [0.1, 0.15) is 0 Å². The Morgan fingerprint density at radius 1 is 0.130 bits per heavy atom. The van der Waals surface area contributed by atoms with Gasteiger partial charge in [0, 0.05) is 107 Å². The summed E-state index contributed by atoms with van der Waals surface area (Å²) in [4.78, 5) is 7.28. The molecule has 138 heavy (non-hydrogen) atoms. The molecular weight excluding hydrogens is 1710 g/mol. The van der Waals surface area contributed by atoms with Crippen LogP contribution >= 0.6 is 22.7 Å². The van der Waals surface area contributed by atoms with Crippen molar-refractivity contribution >= 4 is 201 Å². The monoisotopic (exact) mass is 1790 g/mol. The summed E-state index contributed by atoms with van der Waals surface area (Å²) in [5.74, 6) is 0. The standard InChI is InChI=1S/C44H29NO.2C44H29NS/c1-3-11-30(12-4-1)32-19-22-35(23-20-32)45(36-24-26-40-39-17-9-10-18-43(39)46-44(40)29-36)42-28-34-15-7-8-16-37(34)38-25-21-33(27-41(38)42)31-13-5-2-6-14-31;1-3-11-30(12-4-1)32-19-22-35(23-20-32)45(36-24-26-44-41(29-36)39-17-9-10-18-43(39)46-44)42-28-34-15-7-8-16-37(34)38-25-21-33(27-40(38)42)31-13-5-2-6-14-31;1-3-11-30(12-4-1)32-19-22-35(23-20-32)45(36-24-26-40-39-17-9-10-18-43(39)46-44(40)29-36)42-28-34-15-7-8-16-37(34)38-25-21-33(27-41(38)42)31-13-5-2-6-14-31/h3*1-29H. The highest BCUT2D eigenvalue weighted by atomic mass is 32.1. The van der Waals surface area contributed by atoms with Crippen molar-refractivity contribution in [3.05, 3.63) is 528 Å². The number of anilines is 9. The summed E-state index contributed by atoms with van der Waals surface area (Å²) in [5.41, 5.74) is 26.4. The first-order valence-electron chi connectivity index (χ1n) is 47.0. The summed E-state index contributed by atoms with van der Waals surface area (Å²) < 4.78 is 11.6. The Bertz CT molecular complexity index is 8880. The van der Waals surface area contributed by atoms with Crippen molar-refractivity contribution < 1.29 is 4.42 Å². The first-order valence-corrected chi connectivity index (χ1v) is 48.7. The number of para-hydroxylation sites is 1. The van der Waals surface area contributed by atoms with Crippen LogP contribution in [0.5, 0.6) is 0 Å². The summed E-state index contributed by atoms with van der Waals surface area (Å²) in [6.07, 6.45) is 0. The lowest BCUT2D eigenvalue weighted by Crippen LogP contribution is -2.10. The Kier molecular flexibility index (Phi) is 21.4. The molecule has 0 radical (unpaired) electrons. The molecule has 3 aromatic heterocycles. The highest BCUT2D eigenvalue weighted by Crippen LogP contribution is 2.51. The molecule has 0 aliphatic carbocycles. The van der Waals surface area contributed by atoms with Crippen LogP contribution < -0.4 is 14.7 Å². The van der Waals surface area contributed by atoms with Crippen molar-refractivity contribution in [2.24, 2.45) is 0 Å². The molecule has 0 bridgehead atoms. The Morgan fingerprint density at radius 2 is 0.384 bits per heavy atom. The van der Waals surface area contributed by atoms with Gasteiger partial charge in [0.1, 0.15) is 11.2 Å². The van der Waals surface area contributed by atoms with Crippen molar-refractivity contribution in [1.82, 2.24) is 0 Å². The third-order valence-electron chi connectivity index (χ3n) is 27.1. The zero-order valence-electron chi connectivity index (χ0n) is 75.3. The zero-order valence-corrected chi connectivity index (χ0v) is 76.9. The van der Waals surface area contributed by atoms with E-state index < -0.39 is 0 Å². The van der Waals surface area contributed by atoms with E-state index in [1.54, 1.807) is 0 Å². The number of hydrogen-bond acceptors (Lipinski definition) is 6. The van der Waals surface area contributed by atoms with Crippen molar-refractivity contribution in [1.29, 1.82) is 0 Å². The largest absolute Gasteiger partial charge is 0.456 e. The summed E-state index contributed by atoms with van der Waals surface area (Å²) in [5, 5.41) is 22.3. The molecule has 24 aromatic carbocycles. The fourth-order valence-electron chi connectivity index (χ4n) is 20.4. The van der Waals surface area contributed by atoms with E-state index in [0.717, 1.165) is 67.4 Å². The van der Waals surface area contributed by atoms with E-state index >= 15 is 0 Å². The van der Waals surface area contributed by atoms with Gasteiger partial charge in [0.25, 0.3) is 0 Å². The molecule has 27 aromatic rings. The van der Waals surface area contributed by atoms with Crippen molar-refractivity contribution in [2.45, 2.75) is 0 Å². The summed E-state index contributed by atoms with van der Waals surface area (Å²) >= 11 is 3.72. The quantitative estimate of drug-likeness (QED) is 0.0954. The number of benzene rings is 24. The van der Waals surface area contributed by atoms with Crippen LogP contribution in [0.4, 0.5) is 51.2 Å². The number of thiophene rings is 2. The molecule has 0 saturated heterocycles. The second kappa shape index (κ2) is 35.8. The van der Waals surface area contributed by atoms with Crippen LogP contribution in [0.25, 0.3) is 194 Å². The molecule has 4 nitrogen and oxygen atoms in total. The molecule has 0 aliphatic rings. The van der Waals surface area contributed by atoms with Crippen LogP contribution in [0.2, 0.25) is 0 Å². The molecule has 6 heteroatoms. The second-order valence-electron chi connectivity index (χ2n) is 35.3. The normalized spacial score (nSPS) is 11.5. The van der Waals surface area contributed by atoms with Gasteiger partial charge >= 0.3 is 0 Å². The van der Waals surface area contributed by atoms with E-state index in [4.69, 9.17) is 4.42 Å². The Labute approximate surface area is 808 Å². The predicted molar refractivity (Wildman–Crippen MR) is 594 cm³/mol. The van der Waals surface area contributed by atoms with Crippen molar-refractivity contribution in [3.8, 4) is 66.8 Å². The predicted octanol–water partition coefficient (Wildman–Crippen LogP) is 39.0. The fourth-order valence-corrected chi connectivity index (χ4v) is 22.6. The van der Waals surface area contributed by atoms with Gasteiger partial charge in [0.05, 0.1) is 17.1 Å². The smallest absolute Gasteiger partial charge is 0.137 e. The zero-order chi connectivity index (χ0) is 91.4. The molecule has 27 rings (SSSR count). The van der Waals surface area contributed by atoms with Gasteiger partial charge < -0.3 is 19.1 Å². The molecule has 0 unspecified atom stereocenters. The minimum absolute atomic E-state index is 0.875. The van der Waals surface area contributed by atoms with Crippen LogP contribution in [0.15, 0.2) is 532 Å². The highest BCUT2D eigenvalue weighted by Gasteiger charge is 2.26. The second-order valence-corrected chi connectivity index (χ2v) is 37.5. The SMILES string of the molecule is c1ccc(-c2ccc(N(c3ccc4c(c3)oc3ccccc34)c3cc4ccccc4c4ccc(-c5ccccc5)cc34)cc2)cc1.c1ccc(-c2ccc(N(c3ccc4c(c3)sc3ccccc34)c3cc4ccccc4c4ccc(-c5ccccc5)cc34)cc2)cc1.c1ccc(-c2ccc(N(c3ccc4sc5ccccc5c4c3)c3cc4ccccc4c4ccc(-c5ccccc5)cc34)cc2)cc1. The van der Waals surface area contributed by atoms with Gasteiger partial charge in [0.15, 0.2) is 0 Å². The van der Waals surface area contributed by atoms with Gasteiger partial charge in [-0.15, -0.1) is 22.7 Å². The van der Waals surface area contributed by atoms with Crippen molar-refractivity contribution in [2.75, 3.05) is 14.7 Å². The Morgan fingerprint density at radius 3 is 0.783 bits per heavy atom.